The molecule has 0 saturated carbocycles. The predicted molar refractivity (Wildman–Crippen MR) is 73.7 cm³/mol. The molecule has 94 valence electrons. The maximum absolute atomic E-state index is 5.92. The summed E-state index contributed by atoms with van der Waals surface area (Å²) in [5, 5.41) is 0. The Morgan fingerprint density at radius 1 is 0.722 bits per heavy atom. The van der Waals surface area contributed by atoms with E-state index >= 15 is 0 Å². The van der Waals surface area contributed by atoms with Crippen molar-refractivity contribution in [2.24, 2.45) is 0 Å². The first-order chi connectivity index (χ1) is 8.60. The molecule has 0 aliphatic rings. The Balaban J connectivity index is 2.33. The van der Waals surface area contributed by atoms with E-state index in [2.05, 4.69) is 13.0 Å². The third-order valence-electron chi connectivity index (χ3n) is 2.87. The fraction of sp³-hybridized carbons (Fsp3) is 0.250. The molecule has 2 rings (SSSR count). The lowest BCUT2D eigenvalue weighted by Gasteiger charge is -2.13. The third-order valence-corrected chi connectivity index (χ3v) is 2.87. The number of rotatable bonds is 3. The molecule has 0 spiro atoms. The number of hydrogen-bond donors (Lipinski definition) is 0. The lowest BCUT2D eigenvalue weighted by molar-refractivity contribution is 0.378. The quantitative estimate of drug-likeness (QED) is 0.793. The predicted octanol–water partition coefficient (Wildman–Crippen LogP) is 4.41. The van der Waals surface area contributed by atoms with Crippen LogP contribution >= 0.6 is 0 Å². The first-order valence-corrected chi connectivity index (χ1v) is 6.00. The summed E-state index contributed by atoms with van der Waals surface area (Å²) in [5.74, 6) is 2.37. The average Bonchev–Trinajstić information content (AvgIpc) is 2.34. The Morgan fingerprint density at radius 3 is 1.94 bits per heavy atom. The van der Waals surface area contributed by atoms with Crippen molar-refractivity contribution < 1.29 is 9.47 Å². The van der Waals surface area contributed by atoms with E-state index in [1.807, 2.05) is 44.2 Å². The fourth-order valence-electron chi connectivity index (χ4n) is 1.89. The van der Waals surface area contributed by atoms with Crippen molar-refractivity contribution in [3.05, 3.63) is 53.1 Å². The molecular formula is C16H18O2. The molecule has 0 heterocycles. The molecule has 0 aliphatic heterocycles. The van der Waals surface area contributed by atoms with Gasteiger partial charge in [0, 0.05) is 0 Å². The van der Waals surface area contributed by atoms with E-state index in [4.69, 9.17) is 9.47 Å². The Hall–Kier alpha value is -1.96. The molecule has 2 heteroatoms. The van der Waals surface area contributed by atoms with Crippen LogP contribution in [0.4, 0.5) is 0 Å². The minimum atomic E-state index is 0.745. The van der Waals surface area contributed by atoms with E-state index in [0.717, 1.165) is 28.4 Å². The van der Waals surface area contributed by atoms with Crippen LogP contribution in [-0.2, 0) is 0 Å². The largest absolute Gasteiger partial charge is 0.493 e. The molecule has 2 aromatic carbocycles. The van der Waals surface area contributed by atoms with Gasteiger partial charge in [0.05, 0.1) is 7.11 Å². The van der Waals surface area contributed by atoms with Crippen molar-refractivity contribution in [1.82, 2.24) is 0 Å². The lowest BCUT2D eigenvalue weighted by atomic mass is 10.1. The summed E-state index contributed by atoms with van der Waals surface area (Å²) in [6, 6.07) is 12.1. The maximum Gasteiger partial charge on any atom is 0.169 e. The Labute approximate surface area is 108 Å². The number of benzene rings is 2. The summed E-state index contributed by atoms with van der Waals surface area (Å²) in [6.45, 7) is 6.15. The molecule has 0 fully saturated rings. The van der Waals surface area contributed by atoms with E-state index < -0.39 is 0 Å². The second kappa shape index (κ2) is 5.13. The summed E-state index contributed by atoms with van der Waals surface area (Å²) in [4.78, 5) is 0. The van der Waals surface area contributed by atoms with Gasteiger partial charge >= 0.3 is 0 Å². The molecule has 0 aromatic heterocycles. The van der Waals surface area contributed by atoms with Gasteiger partial charge in [-0.1, -0.05) is 23.8 Å². The minimum Gasteiger partial charge on any atom is -0.493 e. The van der Waals surface area contributed by atoms with Gasteiger partial charge in [-0.25, -0.2) is 0 Å². The normalized spacial score (nSPS) is 10.2. The smallest absolute Gasteiger partial charge is 0.169 e. The number of aryl methyl sites for hydroxylation is 3. The SMILES string of the molecule is COc1cc(C)ccc1Oc1ccc(C)cc1C. The van der Waals surface area contributed by atoms with E-state index in [1.165, 1.54) is 5.56 Å². The van der Waals surface area contributed by atoms with Crippen molar-refractivity contribution >= 4 is 0 Å². The Kier molecular flexibility index (Phi) is 3.56. The van der Waals surface area contributed by atoms with E-state index in [9.17, 15) is 0 Å². The molecule has 0 aliphatic carbocycles. The summed E-state index contributed by atoms with van der Waals surface area (Å²) in [5.41, 5.74) is 3.51. The van der Waals surface area contributed by atoms with Crippen LogP contribution in [0.2, 0.25) is 0 Å². The third kappa shape index (κ3) is 2.65. The van der Waals surface area contributed by atoms with Crippen molar-refractivity contribution in [3.63, 3.8) is 0 Å². The summed E-state index contributed by atoms with van der Waals surface area (Å²) in [7, 11) is 1.66. The number of hydrogen-bond acceptors (Lipinski definition) is 2. The van der Waals surface area contributed by atoms with Gasteiger partial charge in [0.2, 0.25) is 0 Å². The minimum absolute atomic E-state index is 0.745. The molecule has 0 N–H and O–H groups in total. The lowest BCUT2D eigenvalue weighted by Crippen LogP contribution is -1.92. The molecule has 0 bridgehead atoms. The van der Waals surface area contributed by atoms with Crippen molar-refractivity contribution in [1.29, 1.82) is 0 Å². The number of methoxy groups -OCH3 is 1. The van der Waals surface area contributed by atoms with Gasteiger partial charge < -0.3 is 9.47 Å². The highest BCUT2D eigenvalue weighted by atomic mass is 16.5. The Morgan fingerprint density at radius 2 is 1.33 bits per heavy atom. The van der Waals surface area contributed by atoms with Gasteiger partial charge in [-0.05, 0) is 50.1 Å². The average molecular weight is 242 g/mol. The summed E-state index contributed by atoms with van der Waals surface area (Å²) >= 11 is 0. The van der Waals surface area contributed by atoms with Crippen LogP contribution in [0.5, 0.6) is 17.2 Å². The molecule has 0 atom stereocenters. The van der Waals surface area contributed by atoms with Gasteiger partial charge in [-0.15, -0.1) is 0 Å². The first-order valence-electron chi connectivity index (χ1n) is 6.00. The van der Waals surface area contributed by atoms with Crippen LogP contribution < -0.4 is 9.47 Å². The van der Waals surface area contributed by atoms with Crippen molar-refractivity contribution in [2.75, 3.05) is 7.11 Å². The zero-order valence-corrected chi connectivity index (χ0v) is 11.3. The molecule has 2 nitrogen and oxygen atoms in total. The second-order valence-corrected chi connectivity index (χ2v) is 4.53. The van der Waals surface area contributed by atoms with Crippen molar-refractivity contribution in [2.45, 2.75) is 20.8 Å². The molecule has 0 radical (unpaired) electrons. The van der Waals surface area contributed by atoms with Crippen molar-refractivity contribution in [3.8, 4) is 17.2 Å². The molecule has 18 heavy (non-hydrogen) atoms. The standard InChI is InChI=1S/C16H18O2/c1-11-5-7-14(13(3)9-11)18-15-8-6-12(2)10-16(15)17-4/h5-10H,1-4H3. The zero-order valence-electron chi connectivity index (χ0n) is 11.3. The monoisotopic (exact) mass is 242 g/mol. The van der Waals surface area contributed by atoms with E-state index in [0.29, 0.717) is 0 Å². The van der Waals surface area contributed by atoms with Crippen LogP contribution in [-0.4, -0.2) is 7.11 Å². The van der Waals surface area contributed by atoms with Gasteiger partial charge in [0.25, 0.3) is 0 Å². The van der Waals surface area contributed by atoms with E-state index in [1.54, 1.807) is 7.11 Å². The summed E-state index contributed by atoms with van der Waals surface area (Å²) < 4.78 is 11.3. The zero-order chi connectivity index (χ0) is 13.1. The molecule has 2 aromatic rings. The van der Waals surface area contributed by atoms with E-state index in [-0.39, 0.29) is 0 Å². The molecule has 0 amide bonds. The first kappa shape index (κ1) is 12.5. The van der Waals surface area contributed by atoms with Crippen LogP contribution in [0.25, 0.3) is 0 Å². The Bertz CT molecular complexity index is 559. The van der Waals surface area contributed by atoms with Gasteiger partial charge in [0.1, 0.15) is 5.75 Å². The van der Waals surface area contributed by atoms with Gasteiger partial charge in [-0.3, -0.25) is 0 Å². The molecular weight excluding hydrogens is 224 g/mol. The highest BCUT2D eigenvalue weighted by molar-refractivity contribution is 5.47. The van der Waals surface area contributed by atoms with Crippen LogP contribution in [0.15, 0.2) is 36.4 Å². The summed E-state index contributed by atoms with van der Waals surface area (Å²) in [6.07, 6.45) is 0. The van der Waals surface area contributed by atoms with Crippen LogP contribution in [0, 0.1) is 20.8 Å². The van der Waals surface area contributed by atoms with Crippen LogP contribution in [0.1, 0.15) is 16.7 Å². The molecule has 0 saturated heterocycles. The van der Waals surface area contributed by atoms with Gasteiger partial charge in [0.15, 0.2) is 11.5 Å². The highest BCUT2D eigenvalue weighted by Gasteiger charge is 2.07. The highest BCUT2D eigenvalue weighted by Crippen LogP contribution is 2.33. The number of ether oxygens (including phenoxy) is 2. The second-order valence-electron chi connectivity index (χ2n) is 4.53. The maximum atomic E-state index is 5.92. The topological polar surface area (TPSA) is 18.5 Å². The van der Waals surface area contributed by atoms with Crippen LogP contribution in [0.3, 0.4) is 0 Å². The molecule has 0 unspecified atom stereocenters. The fourth-order valence-corrected chi connectivity index (χ4v) is 1.89. The van der Waals surface area contributed by atoms with Gasteiger partial charge in [-0.2, -0.15) is 0 Å².